The highest BCUT2D eigenvalue weighted by molar-refractivity contribution is 5.97. The van der Waals surface area contributed by atoms with Gasteiger partial charge in [0.2, 0.25) is 0 Å². The highest BCUT2D eigenvalue weighted by atomic mass is 16.4. The van der Waals surface area contributed by atoms with E-state index in [2.05, 4.69) is 0 Å². The van der Waals surface area contributed by atoms with Crippen molar-refractivity contribution >= 4 is 17.8 Å². The fraction of sp³-hybridized carbons (Fsp3) is 0.550. The van der Waals surface area contributed by atoms with E-state index < -0.39 is 5.97 Å². The molecule has 6 heteroatoms. The Morgan fingerprint density at radius 2 is 1.62 bits per heavy atom. The van der Waals surface area contributed by atoms with Gasteiger partial charge in [0.05, 0.1) is 5.92 Å². The molecule has 26 heavy (non-hydrogen) atoms. The molecule has 1 aliphatic heterocycles. The third kappa shape index (κ3) is 3.32. The number of benzene rings is 1. The number of hydrogen-bond donors (Lipinski definition) is 1. The molecule has 0 bridgehead atoms. The molecule has 1 spiro atoms. The number of amides is 2. The molecule has 2 aliphatic rings. The monoisotopic (exact) mass is 358 g/mol. The first-order chi connectivity index (χ1) is 12.4. The summed E-state index contributed by atoms with van der Waals surface area (Å²) in [4.78, 5) is 39.7. The van der Waals surface area contributed by atoms with E-state index in [1.54, 1.807) is 34.1 Å². The third-order valence-corrected chi connectivity index (χ3v) is 5.96. The Hall–Kier alpha value is -2.37. The van der Waals surface area contributed by atoms with Gasteiger partial charge in [0.15, 0.2) is 0 Å². The Bertz CT molecular complexity index is 701. The lowest BCUT2D eigenvalue weighted by atomic mass is 9.90. The second kappa shape index (κ2) is 7.09. The molecule has 1 aliphatic carbocycles. The maximum atomic E-state index is 12.7. The van der Waals surface area contributed by atoms with Crippen molar-refractivity contribution in [2.45, 2.75) is 33.1 Å². The van der Waals surface area contributed by atoms with Crippen LogP contribution in [-0.2, 0) is 4.79 Å². The SMILES string of the molecule is CCN(CC)C(=O)c1ccc(C(=O)N2CCC3(CC2)CC3C(=O)O)cc1. The molecule has 140 valence electrons. The average molecular weight is 358 g/mol. The summed E-state index contributed by atoms with van der Waals surface area (Å²) >= 11 is 0. The Morgan fingerprint density at radius 1 is 1.08 bits per heavy atom. The predicted molar refractivity (Wildman–Crippen MR) is 97.0 cm³/mol. The summed E-state index contributed by atoms with van der Waals surface area (Å²) in [7, 11) is 0. The molecule has 1 saturated carbocycles. The van der Waals surface area contributed by atoms with Gasteiger partial charge in [-0.25, -0.2) is 0 Å². The van der Waals surface area contributed by atoms with Crippen LogP contribution >= 0.6 is 0 Å². The summed E-state index contributed by atoms with van der Waals surface area (Å²) < 4.78 is 0. The Balaban J connectivity index is 1.61. The Morgan fingerprint density at radius 3 is 2.08 bits per heavy atom. The van der Waals surface area contributed by atoms with E-state index in [4.69, 9.17) is 5.11 Å². The van der Waals surface area contributed by atoms with E-state index in [0.29, 0.717) is 37.3 Å². The zero-order valence-electron chi connectivity index (χ0n) is 15.4. The molecule has 1 aromatic rings. The van der Waals surface area contributed by atoms with E-state index in [1.165, 1.54) is 0 Å². The molecule has 0 aromatic heterocycles. The van der Waals surface area contributed by atoms with Crippen LogP contribution in [-0.4, -0.2) is 58.9 Å². The van der Waals surface area contributed by atoms with Crippen LogP contribution in [0.25, 0.3) is 0 Å². The third-order valence-electron chi connectivity index (χ3n) is 5.96. The number of piperidine rings is 1. The van der Waals surface area contributed by atoms with Gasteiger partial charge in [-0.15, -0.1) is 0 Å². The minimum absolute atomic E-state index is 0.0256. The van der Waals surface area contributed by atoms with Crippen LogP contribution in [0.2, 0.25) is 0 Å². The van der Waals surface area contributed by atoms with Crippen molar-refractivity contribution < 1.29 is 19.5 Å². The first-order valence-corrected chi connectivity index (χ1v) is 9.33. The van der Waals surface area contributed by atoms with Gasteiger partial charge in [-0.05, 0) is 62.8 Å². The smallest absolute Gasteiger partial charge is 0.307 e. The fourth-order valence-corrected chi connectivity index (χ4v) is 4.04. The lowest BCUT2D eigenvalue weighted by Gasteiger charge is -2.32. The second-order valence-electron chi connectivity index (χ2n) is 7.30. The highest BCUT2D eigenvalue weighted by Crippen LogP contribution is 2.59. The van der Waals surface area contributed by atoms with Crippen LogP contribution in [0, 0.1) is 11.3 Å². The Kier molecular flexibility index (Phi) is 5.03. The van der Waals surface area contributed by atoms with Gasteiger partial charge in [0.25, 0.3) is 11.8 Å². The van der Waals surface area contributed by atoms with E-state index in [9.17, 15) is 14.4 Å². The van der Waals surface area contributed by atoms with Crippen LogP contribution in [0.5, 0.6) is 0 Å². The van der Waals surface area contributed by atoms with Gasteiger partial charge in [0.1, 0.15) is 0 Å². The minimum atomic E-state index is -0.710. The molecular weight excluding hydrogens is 332 g/mol. The fourth-order valence-electron chi connectivity index (χ4n) is 4.04. The number of carboxylic acids is 1. The van der Waals surface area contributed by atoms with Crippen molar-refractivity contribution in [3.05, 3.63) is 35.4 Å². The number of likely N-dealkylation sites (tertiary alicyclic amines) is 1. The van der Waals surface area contributed by atoms with E-state index in [1.807, 2.05) is 13.8 Å². The molecule has 2 fully saturated rings. The van der Waals surface area contributed by atoms with Crippen LogP contribution in [0.15, 0.2) is 24.3 Å². The van der Waals surface area contributed by atoms with Crippen molar-refractivity contribution in [1.82, 2.24) is 9.80 Å². The molecule has 1 aromatic carbocycles. The summed E-state index contributed by atoms with van der Waals surface area (Å²) in [5, 5.41) is 9.16. The van der Waals surface area contributed by atoms with Crippen LogP contribution in [0.1, 0.15) is 53.8 Å². The normalized spacial score (nSPS) is 20.7. The van der Waals surface area contributed by atoms with Gasteiger partial charge in [-0.2, -0.15) is 0 Å². The lowest BCUT2D eigenvalue weighted by Crippen LogP contribution is -2.40. The molecule has 3 rings (SSSR count). The van der Waals surface area contributed by atoms with Gasteiger partial charge >= 0.3 is 5.97 Å². The molecule has 1 heterocycles. The number of rotatable bonds is 5. The summed E-state index contributed by atoms with van der Waals surface area (Å²) in [6.07, 6.45) is 2.26. The van der Waals surface area contributed by atoms with Crippen LogP contribution < -0.4 is 0 Å². The van der Waals surface area contributed by atoms with Gasteiger partial charge < -0.3 is 14.9 Å². The van der Waals surface area contributed by atoms with Crippen molar-refractivity contribution in [2.24, 2.45) is 11.3 Å². The van der Waals surface area contributed by atoms with Crippen molar-refractivity contribution in [1.29, 1.82) is 0 Å². The summed E-state index contributed by atoms with van der Waals surface area (Å²) in [5.74, 6) is -1.01. The molecule has 1 atom stereocenters. The van der Waals surface area contributed by atoms with Crippen molar-refractivity contribution in [2.75, 3.05) is 26.2 Å². The standard InChI is InChI=1S/C20H26N2O4/c1-3-21(4-2)17(23)14-5-7-15(8-6-14)18(24)22-11-9-20(10-12-22)13-16(20)19(25)26/h5-8,16H,3-4,9-13H2,1-2H3,(H,25,26). The summed E-state index contributed by atoms with van der Waals surface area (Å²) in [6, 6.07) is 6.84. The van der Waals surface area contributed by atoms with E-state index in [-0.39, 0.29) is 23.1 Å². The van der Waals surface area contributed by atoms with Crippen LogP contribution in [0.4, 0.5) is 0 Å². The molecular formula is C20H26N2O4. The number of carboxylic acid groups (broad SMARTS) is 1. The minimum Gasteiger partial charge on any atom is -0.481 e. The number of carbonyl (C=O) groups is 3. The maximum Gasteiger partial charge on any atom is 0.307 e. The number of aliphatic carboxylic acids is 1. The largest absolute Gasteiger partial charge is 0.481 e. The summed E-state index contributed by atoms with van der Waals surface area (Å²) in [6.45, 7) is 6.39. The highest BCUT2D eigenvalue weighted by Gasteiger charge is 2.59. The second-order valence-corrected chi connectivity index (χ2v) is 7.30. The molecule has 1 N–H and O–H groups in total. The topological polar surface area (TPSA) is 77.9 Å². The summed E-state index contributed by atoms with van der Waals surface area (Å²) in [5.41, 5.74) is 1.08. The van der Waals surface area contributed by atoms with Crippen LogP contribution in [0.3, 0.4) is 0 Å². The number of hydrogen-bond acceptors (Lipinski definition) is 3. The Labute approximate surface area is 153 Å². The maximum absolute atomic E-state index is 12.7. The van der Waals surface area contributed by atoms with E-state index in [0.717, 1.165) is 19.3 Å². The average Bonchev–Trinajstić information content (AvgIpc) is 3.36. The van der Waals surface area contributed by atoms with Crippen molar-refractivity contribution in [3.8, 4) is 0 Å². The van der Waals surface area contributed by atoms with E-state index >= 15 is 0 Å². The predicted octanol–water partition coefficient (Wildman–Crippen LogP) is 2.50. The molecule has 2 amide bonds. The molecule has 0 radical (unpaired) electrons. The van der Waals surface area contributed by atoms with Gasteiger partial charge in [-0.3, -0.25) is 14.4 Å². The van der Waals surface area contributed by atoms with Gasteiger partial charge in [-0.1, -0.05) is 0 Å². The first kappa shape index (κ1) is 18.4. The first-order valence-electron chi connectivity index (χ1n) is 9.33. The quantitative estimate of drug-likeness (QED) is 0.877. The zero-order valence-corrected chi connectivity index (χ0v) is 15.4. The number of carbonyl (C=O) groups excluding carboxylic acids is 2. The zero-order chi connectivity index (χ0) is 18.9. The van der Waals surface area contributed by atoms with Gasteiger partial charge in [0, 0.05) is 37.3 Å². The lowest BCUT2D eigenvalue weighted by molar-refractivity contribution is -0.139. The molecule has 6 nitrogen and oxygen atoms in total. The number of nitrogens with zero attached hydrogens (tertiary/aromatic N) is 2. The van der Waals surface area contributed by atoms with Crippen molar-refractivity contribution in [3.63, 3.8) is 0 Å². The molecule has 1 unspecified atom stereocenters. The molecule has 1 saturated heterocycles.